The van der Waals surface area contributed by atoms with Gasteiger partial charge in [-0.05, 0) is 37.8 Å². The van der Waals surface area contributed by atoms with E-state index in [0.29, 0.717) is 17.8 Å². The fourth-order valence-electron chi connectivity index (χ4n) is 4.68. The van der Waals surface area contributed by atoms with Gasteiger partial charge in [-0.3, -0.25) is 9.59 Å². The molecule has 0 spiro atoms. The molecular weight excluding hydrogens is 380 g/mol. The largest absolute Gasteiger partial charge is 0.342 e. The average Bonchev–Trinajstić information content (AvgIpc) is 3.06. The smallest absolute Gasteiger partial charge is 0.254 e. The number of carbonyl (C=O) groups is 2. The third-order valence-corrected chi connectivity index (χ3v) is 7.74. The number of nitrogens with zero attached hydrogens (tertiary/aromatic N) is 2. The molecule has 3 rings (SSSR count). The first-order valence-corrected chi connectivity index (χ1v) is 12.3. The zero-order valence-corrected chi connectivity index (χ0v) is 18.9. The zero-order chi connectivity index (χ0) is 20.6. The molecule has 5 heteroatoms. The number of rotatable bonds is 6. The molecule has 0 N–H and O–H groups in total. The summed E-state index contributed by atoms with van der Waals surface area (Å²) in [5.74, 6) is 0.652. The normalized spacial score (nSPS) is 18.8. The van der Waals surface area contributed by atoms with Crippen molar-refractivity contribution in [2.75, 3.05) is 19.8 Å². The fourth-order valence-corrected chi connectivity index (χ4v) is 5.65. The summed E-state index contributed by atoms with van der Waals surface area (Å²) in [6.45, 7) is 0. The second-order valence-corrected chi connectivity index (χ2v) is 9.66. The molecule has 2 saturated carbocycles. The molecular formula is C24H36N2O2S. The molecule has 1 aromatic rings. The Balaban J connectivity index is 1.62. The highest BCUT2D eigenvalue weighted by Gasteiger charge is 2.25. The van der Waals surface area contributed by atoms with Gasteiger partial charge < -0.3 is 9.80 Å². The van der Waals surface area contributed by atoms with E-state index >= 15 is 0 Å². The quantitative estimate of drug-likeness (QED) is 0.463. The first-order valence-electron chi connectivity index (χ1n) is 11.3. The lowest BCUT2D eigenvalue weighted by Crippen LogP contribution is -2.39. The number of thioether (sulfide) groups is 1. The van der Waals surface area contributed by atoms with Crippen LogP contribution in [0.5, 0.6) is 0 Å². The van der Waals surface area contributed by atoms with E-state index in [2.05, 4.69) is 0 Å². The molecule has 0 unspecified atom stereocenters. The van der Waals surface area contributed by atoms with Crippen molar-refractivity contribution < 1.29 is 9.59 Å². The van der Waals surface area contributed by atoms with Gasteiger partial charge in [0.2, 0.25) is 5.91 Å². The van der Waals surface area contributed by atoms with Crippen LogP contribution in [0.1, 0.15) is 81.0 Å². The van der Waals surface area contributed by atoms with Gasteiger partial charge in [-0.25, -0.2) is 0 Å². The number of hydrogen-bond acceptors (Lipinski definition) is 3. The average molecular weight is 417 g/mol. The monoisotopic (exact) mass is 416 g/mol. The Morgan fingerprint density at radius 2 is 1.34 bits per heavy atom. The Bertz CT molecular complexity index is 679. The van der Waals surface area contributed by atoms with Crippen molar-refractivity contribution >= 4 is 23.6 Å². The first-order chi connectivity index (χ1) is 14.1. The van der Waals surface area contributed by atoms with Crippen molar-refractivity contribution in [1.29, 1.82) is 0 Å². The lowest BCUT2D eigenvalue weighted by Gasteiger charge is -2.31. The van der Waals surface area contributed by atoms with Crippen molar-refractivity contribution in [3.05, 3.63) is 29.8 Å². The fraction of sp³-hybridized carbons (Fsp3) is 0.667. The van der Waals surface area contributed by atoms with Gasteiger partial charge >= 0.3 is 0 Å². The van der Waals surface area contributed by atoms with Crippen LogP contribution in [0.2, 0.25) is 0 Å². The summed E-state index contributed by atoms with van der Waals surface area (Å²) < 4.78 is 0. The maximum absolute atomic E-state index is 13.2. The Morgan fingerprint density at radius 1 is 0.828 bits per heavy atom. The molecule has 0 aliphatic heterocycles. The van der Waals surface area contributed by atoms with Crippen molar-refractivity contribution in [3.8, 4) is 0 Å². The summed E-state index contributed by atoms with van der Waals surface area (Å²) in [5, 5.41) is 0. The zero-order valence-electron chi connectivity index (χ0n) is 18.1. The van der Waals surface area contributed by atoms with E-state index in [1.54, 1.807) is 0 Å². The molecule has 2 aliphatic rings. The van der Waals surface area contributed by atoms with E-state index in [9.17, 15) is 9.59 Å². The van der Waals surface area contributed by atoms with Crippen LogP contribution in [-0.2, 0) is 4.79 Å². The molecule has 2 amide bonds. The van der Waals surface area contributed by atoms with Crippen LogP contribution in [0.15, 0.2) is 29.2 Å². The minimum Gasteiger partial charge on any atom is -0.342 e. The SMILES string of the molecule is CN(C(=O)CSc1ccccc1C(=O)N(C)C1CCCCCC1)C1CCCCC1. The van der Waals surface area contributed by atoms with Gasteiger partial charge in [-0.15, -0.1) is 11.8 Å². The van der Waals surface area contributed by atoms with Gasteiger partial charge in [-0.1, -0.05) is 57.1 Å². The van der Waals surface area contributed by atoms with Crippen LogP contribution in [0.4, 0.5) is 0 Å². The summed E-state index contributed by atoms with van der Waals surface area (Å²) in [4.78, 5) is 30.7. The number of carbonyl (C=O) groups excluding carboxylic acids is 2. The van der Waals surface area contributed by atoms with Crippen LogP contribution < -0.4 is 0 Å². The molecule has 4 nitrogen and oxygen atoms in total. The van der Waals surface area contributed by atoms with Crippen LogP contribution in [0, 0.1) is 0 Å². The Morgan fingerprint density at radius 3 is 1.97 bits per heavy atom. The molecule has 2 aliphatic carbocycles. The number of amides is 2. The van der Waals surface area contributed by atoms with Gasteiger partial charge in [0.05, 0.1) is 11.3 Å². The molecule has 0 atom stereocenters. The highest BCUT2D eigenvalue weighted by atomic mass is 32.2. The van der Waals surface area contributed by atoms with Crippen LogP contribution in [0.25, 0.3) is 0 Å². The van der Waals surface area contributed by atoms with Crippen molar-refractivity contribution in [3.63, 3.8) is 0 Å². The van der Waals surface area contributed by atoms with E-state index in [0.717, 1.165) is 36.1 Å². The summed E-state index contributed by atoms with van der Waals surface area (Å²) in [6.07, 6.45) is 13.1. The summed E-state index contributed by atoms with van der Waals surface area (Å²) >= 11 is 1.51. The Hall–Kier alpha value is -1.49. The van der Waals surface area contributed by atoms with Crippen molar-refractivity contribution in [2.45, 2.75) is 87.6 Å². The standard InChI is InChI=1S/C24H36N2O2S/c1-25(19-12-8-5-9-13-19)23(27)18-29-22-17-11-10-16-21(22)24(28)26(2)20-14-6-3-4-7-15-20/h10-11,16-17,19-20H,3-9,12-15,18H2,1-2H3. The third-order valence-electron chi connectivity index (χ3n) is 6.68. The topological polar surface area (TPSA) is 40.6 Å². The molecule has 1 aromatic carbocycles. The molecule has 2 fully saturated rings. The van der Waals surface area contributed by atoms with E-state index in [-0.39, 0.29) is 11.8 Å². The van der Waals surface area contributed by atoms with Crippen molar-refractivity contribution in [1.82, 2.24) is 9.80 Å². The van der Waals surface area contributed by atoms with Crippen molar-refractivity contribution in [2.24, 2.45) is 0 Å². The van der Waals surface area contributed by atoms with Gasteiger partial charge in [0, 0.05) is 31.1 Å². The summed E-state index contributed by atoms with van der Waals surface area (Å²) in [6, 6.07) is 8.49. The highest BCUT2D eigenvalue weighted by molar-refractivity contribution is 8.00. The van der Waals surface area contributed by atoms with E-state index in [1.165, 1.54) is 56.7 Å². The van der Waals surface area contributed by atoms with Gasteiger partial charge in [0.25, 0.3) is 5.91 Å². The predicted molar refractivity (Wildman–Crippen MR) is 120 cm³/mol. The van der Waals surface area contributed by atoms with Gasteiger partial charge in [0.1, 0.15) is 0 Å². The Labute approximate surface area is 180 Å². The molecule has 0 heterocycles. The van der Waals surface area contributed by atoms with E-state index in [4.69, 9.17) is 0 Å². The van der Waals surface area contributed by atoms with Gasteiger partial charge in [0.15, 0.2) is 0 Å². The maximum Gasteiger partial charge on any atom is 0.254 e. The molecule has 0 radical (unpaired) electrons. The van der Waals surface area contributed by atoms with Gasteiger partial charge in [-0.2, -0.15) is 0 Å². The second kappa shape index (κ2) is 11.1. The molecule has 0 bridgehead atoms. The summed E-state index contributed by atoms with van der Waals surface area (Å²) in [5.41, 5.74) is 0.734. The molecule has 160 valence electrons. The number of benzene rings is 1. The minimum atomic E-state index is 0.0908. The number of hydrogen-bond donors (Lipinski definition) is 0. The van der Waals surface area contributed by atoms with Crippen LogP contribution in [-0.4, -0.2) is 53.5 Å². The summed E-state index contributed by atoms with van der Waals surface area (Å²) in [7, 11) is 3.89. The Kier molecular flexibility index (Phi) is 8.46. The molecule has 29 heavy (non-hydrogen) atoms. The lowest BCUT2D eigenvalue weighted by molar-refractivity contribution is -0.129. The van der Waals surface area contributed by atoms with E-state index in [1.807, 2.05) is 48.2 Å². The maximum atomic E-state index is 13.2. The minimum absolute atomic E-state index is 0.0908. The lowest BCUT2D eigenvalue weighted by atomic mass is 9.94. The van der Waals surface area contributed by atoms with E-state index < -0.39 is 0 Å². The first kappa shape index (κ1) is 22.2. The predicted octanol–water partition coefficient (Wildman–Crippen LogP) is 5.36. The molecule has 0 saturated heterocycles. The van der Waals surface area contributed by atoms with Crippen LogP contribution >= 0.6 is 11.8 Å². The van der Waals surface area contributed by atoms with Crippen LogP contribution in [0.3, 0.4) is 0 Å². The third kappa shape index (κ3) is 6.00. The highest BCUT2D eigenvalue weighted by Crippen LogP contribution is 2.28. The molecule has 0 aromatic heterocycles. The second-order valence-electron chi connectivity index (χ2n) is 8.64.